The number of hydrogen-bond donors (Lipinski definition) is 2. The Bertz CT molecular complexity index is 486. The Balaban J connectivity index is 2.80. The highest BCUT2D eigenvalue weighted by atomic mass is 16.5. The number of rotatable bonds is 6. The van der Waals surface area contributed by atoms with Crippen molar-refractivity contribution in [2.24, 2.45) is 10.9 Å². The van der Waals surface area contributed by atoms with Crippen molar-refractivity contribution in [2.45, 2.75) is 26.3 Å². The predicted octanol–water partition coefficient (Wildman–Crippen LogP) is 1.22. The minimum atomic E-state index is -0.0835. The highest BCUT2D eigenvalue weighted by molar-refractivity contribution is 5.87. The van der Waals surface area contributed by atoms with Gasteiger partial charge in [0.1, 0.15) is 5.75 Å². The van der Waals surface area contributed by atoms with E-state index in [0.29, 0.717) is 5.75 Å². The van der Waals surface area contributed by atoms with Crippen LogP contribution in [0.15, 0.2) is 29.4 Å². The average molecular weight is 279 g/mol. The van der Waals surface area contributed by atoms with Gasteiger partial charge < -0.3 is 20.6 Å². The maximum absolute atomic E-state index is 12.3. The van der Waals surface area contributed by atoms with E-state index in [0.717, 1.165) is 5.56 Å². The molecule has 0 atom stereocenters. The first-order valence-corrected chi connectivity index (χ1v) is 6.36. The first-order chi connectivity index (χ1) is 9.47. The topological polar surface area (TPSA) is 88.2 Å². The van der Waals surface area contributed by atoms with Crippen LogP contribution in [0.2, 0.25) is 0 Å². The van der Waals surface area contributed by atoms with Crippen molar-refractivity contribution in [3.8, 4) is 5.75 Å². The molecule has 1 amide bonds. The van der Waals surface area contributed by atoms with Crippen molar-refractivity contribution < 1.29 is 14.7 Å². The number of hydrogen-bond acceptors (Lipinski definition) is 4. The third-order valence-corrected chi connectivity index (χ3v) is 2.89. The molecule has 3 N–H and O–H groups in total. The molecule has 0 spiro atoms. The van der Waals surface area contributed by atoms with Crippen LogP contribution in [0.3, 0.4) is 0 Å². The molecular formula is C14H21N3O3. The maximum Gasteiger partial charge on any atom is 0.227 e. The van der Waals surface area contributed by atoms with Crippen LogP contribution in [0.25, 0.3) is 0 Å². The van der Waals surface area contributed by atoms with Gasteiger partial charge in [-0.05, 0) is 31.5 Å². The van der Waals surface area contributed by atoms with Crippen LogP contribution in [-0.4, -0.2) is 41.5 Å². The molecule has 0 heterocycles. The number of ether oxygens (including phenoxy) is 1. The molecule has 0 aliphatic rings. The molecule has 0 unspecified atom stereocenters. The van der Waals surface area contributed by atoms with Crippen LogP contribution in [0, 0.1) is 0 Å². The molecular weight excluding hydrogens is 258 g/mol. The SMILES string of the molecule is COc1cccc(CC(=O)N(CC(N)=NO)C(C)C)c1. The molecule has 0 bridgehead atoms. The summed E-state index contributed by atoms with van der Waals surface area (Å²) in [5, 5.41) is 11.5. The van der Waals surface area contributed by atoms with Gasteiger partial charge in [0, 0.05) is 6.04 Å². The third kappa shape index (κ3) is 4.46. The minimum absolute atomic E-state index is 0.0118. The Morgan fingerprint density at radius 2 is 2.20 bits per heavy atom. The zero-order chi connectivity index (χ0) is 15.1. The van der Waals surface area contributed by atoms with Gasteiger partial charge in [-0.2, -0.15) is 0 Å². The summed E-state index contributed by atoms with van der Waals surface area (Å²) in [6, 6.07) is 7.31. The van der Waals surface area contributed by atoms with E-state index in [1.54, 1.807) is 12.0 Å². The van der Waals surface area contributed by atoms with Crippen LogP contribution in [0.4, 0.5) is 0 Å². The number of methoxy groups -OCH3 is 1. The van der Waals surface area contributed by atoms with Gasteiger partial charge in [-0.25, -0.2) is 0 Å². The van der Waals surface area contributed by atoms with E-state index in [1.165, 1.54) is 0 Å². The highest BCUT2D eigenvalue weighted by Crippen LogP contribution is 2.14. The molecule has 6 nitrogen and oxygen atoms in total. The Morgan fingerprint density at radius 3 is 2.75 bits per heavy atom. The summed E-state index contributed by atoms with van der Waals surface area (Å²) in [6.07, 6.45) is 0.244. The Morgan fingerprint density at radius 1 is 1.50 bits per heavy atom. The van der Waals surface area contributed by atoms with E-state index in [9.17, 15) is 4.79 Å². The van der Waals surface area contributed by atoms with Crippen molar-refractivity contribution in [3.05, 3.63) is 29.8 Å². The van der Waals surface area contributed by atoms with Crippen molar-refractivity contribution in [1.29, 1.82) is 0 Å². The third-order valence-electron chi connectivity index (χ3n) is 2.89. The Labute approximate surface area is 118 Å². The van der Waals surface area contributed by atoms with Crippen LogP contribution < -0.4 is 10.5 Å². The standard InChI is InChI=1S/C14H21N3O3/c1-10(2)17(9-13(15)16-19)14(18)8-11-5-4-6-12(7-11)20-3/h4-7,10,19H,8-9H2,1-3H3,(H2,15,16). The fourth-order valence-electron chi connectivity index (χ4n) is 1.82. The second-order valence-corrected chi connectivity index (χ2v) is 4.74. The van der Waals surface area contributed by atoms with Gasteiger partial charge in [0.15, 0.2) is 5.84 Å². The Hall–Kier alpha value is -2.24. The first-order valence-electron chi connectivity index (χ1n) is 6.36. The summed E-state index contributed by atoms with van der Waals surface area (Å²) in [6.45, 7) is 3.87. The minimum Gasteiger partial charge on any atom is -0.497 e. The van der Waals surface area contributed by atoms with Crippen molar-refractivity contribution >= 4 is 11.7 Å². The van der Waals surface area contributed by atoms with Gasteiger partial charge in [0.05, 0.1) is 20.1 Å². The summed E-state index contributed by atoms with van der Waals surface area (Å²) in [4.78, 5) is 13.9. The largest absolute Gasteiger partial charge is 0.497 e. The lowest BCUT2D eigenvalue weighted by molar-refractivity contribution is -0.131. The van der Waals surface area contributed by atoms with Gasteiger partial charge in [-0.15, -0.1) is 0 Å². The van der Waals surface area contributed by atoms with Gasteiger partial charge in [-0.3, -0.25) is 4.79 Å². The number of amides is 1. The lowest BCUT2D eigenvalue weighted by atomic mass is 10.1. The fraction of sp³-hybridized carbons (Fsp3) is 0.429. The number of carbonyl (C=O) groups is 1. The van der Waals surface area contributed by atoms with Crippen LogP contribution >= 0.6 is 0 Å². The number of benzene rings is 1. The lowest BCUT2D eigenvalue weighted by Crippen LogP contribution is -2.43. The van der Waals surface area contributed by atoms with E-state index < -0.39 is 0 Å². The summed E-state index contributed by atoms with van der Waals surface area (Å²) in [5.41, 5.74) is 6.34. The molecule has 0 aromatic heterocycles. The second-order valence-electron chi connectivity index (χ2n) is 4.74. The zero-order valence-electron chi connectivity index (χ0n) is 12.0. The molecule has 20 heavy (non-hydrogen) atoms. The van der Waals surface area contributed by atoms with E-state index in [1.807, 2.05) is 38.1 Å². The lowest BCUT2D eigenvalue weighted by Gasteiger charge is -2.26. The maximum atomic E-state index is 12.3. The predicted molar refractivity (Wildman–Crippen MR) is 77.0 cm³/mol. The van der Waals surface area contributed by atoms with E-state index in [2.05, 4.69) is 5.16 Å². The smallest absolute Gasteiger partial charge is 0.227 e. The van der Waals surface area contributed by atoms with Crippen LogP contribution in [0.5, 0.6) is 5.75 Å². The summed E-state index contributed by atoms with van der Waals surface area (Å²) >= 11 is 0. The Kier molecular flexibility index (Phi) is 5.83. The summed E-state index contributed by atoms with van der Waals surface area (Å²) in [5.74, 6) is 0.639. The second kappa shape index (κ2) is 7.37. The molecule has 0 saturated heterocycles. The van der Waals surface area contributed by atoms with Gasteiger partial charge in [0.25, 0.3) is 0 Å². The zero-order valence-corrected chi connectivity index (χ0v) is 12.0. The molecule has 6 heteroatoms. The number of nitrogens with zero attached hydrogens (tertiary/aromatic N) is 2. The van der Waals surface area contributed by atoms with E-state index in [4.69, 9.17) is 15.7 Å². The fourth-order valence-corrected chi connectivity index (χ4v) is 1.82. The monoisotopic (exact) mass is 279 g/mol. The quantitative estimate of drug-likeness (QED) is 0.355. The van der Waals surface area contributed by atoms with Gasteiger partial charge >= 0.3 is 0 Å². The molecule has 1 aromatic carbocycles. The van der Waals surface area contributed by atoms with Crippen molar-refractivity contribution in [2.75, 3.05) is 13.7 Å². The number of carbonyl (C=O) groups excluding carboxylic acids is 1. The normalized spacial score (nSPS) is 11.5. The van der Waals surface area contributed by atoms with Gasteiger partial charge in [-0.1, -0.05) is 17.3 Å². The number of oxime groups is 1. The van der Waals surface area contributed by atoms with Crippen LogP contribution in [-0.2, 0) is 11.2 Å². The van der Waals surface area contributed by atoms with E-state index in [-0.39, 0.29) is 30.8 Å². The molecule has 0 aliphatic heterocycles. The average Bonchev–Trinajstić information content (AvgIpc) is 2.44. The summed E-state index contributed by atoms with van der Waals surface area (Å²) < 4.78 is 5.13. The van der Waals surface area contributed by atoms with Gasteiger partial charge in [0.2, 0.25) is 5.91 Å². The molecule has 1 rings (SSSR count). The first kappa shape index (κ1) is 15.8. The summed E-state index contributed by atoms with van der Waals surface area (Å²) in [7, 11) is 1.58. The number of nitrogens with two attached hydrogens (primary N) is 1. The molecule has 1 aromatic rings. The highest BCUT2D eigenvalue weighted by Gasteiger charge is 2.18. The molecule has 0 fully saturated rings. The number of amidine groups is 1. The van der Waals surface area contributed by atoms with E-state index >= 15 is 0 Å². The molecule has 110 valence electrons. The molecule has 0 radical (unpaired) electrons. The van der Waals surface area contributed by atoms with Crippen LogP contribution in [0.1, 0.15) is 19.4 Å². The molecule has 0 aliphatic carbocycles. The van der Waals surface area contributed by atoms with Crippen molar-refractivity contribution in [1.82, 2.24) is 4.90 Å². The molecule has 0 saturated carbocycles. The van der Waals surface area contributed by atoms with Crippen molar-refractivity contribution in [3.63, 3.8) is 0 Å².